The lowest BCUT2D eigenvalue weighted by Crippen LogP contribution is -2.43. The number of carbonyl (C=O) groups is 1. The second-order valence-electron chi connectivity index (χ2n) is 5.32. The van der Waals surface area contributed by atoms with Gasteiger partial charge in [0.2, 0.25) is 5.88 Å². The summed E-state index contributed by atoms with van der Waals surface area (Å²) in [7, 11) is 0. The Balaban J connectivity index is 1.98. The van der Waals surface area contributed by atoms with E-state index in [1.54, 1.807) is 12.3 Å². The number of hydrogen-bond acceptors (Lipinski definition) is 4. The Morgan fingerprint density at radius 3 is 2.67 bits per heavy atom. The Morgan fingerprint density at radius 2 is 2.10 bits per heavy atom. The molecule has 0 saturated heterocycles. The van der Waals surface area contributed by atoms with Crippen LogP contribution in [-0.4, -0.2) is 29.7 Å². The largest absolute Gasteiger partial charge is 0.478 e. The Hall–Kier alpha value is -1.62. The molecule has 1 fully saturated rings. The standard InChI is InChI=1S/C16H24N2O3/c1-3-11-20-14-8-7-13(12-17-14)18-15(19)16(21-4-2)9-5-6-10-16/h7-8,12H,3-6,9-11H2,1-2H3,(H,18,19). The van der Waals surface area contributed by atoms with Crippen LogP contribution in [0.25, 0.3) is 0 Å². The van der Waals surface area contributed by atoms with Gasteiger partial charge in [-0.1, -0.05) is 6.92 Å². The van der Waals surface area contributed by atoms with Gasteiger partial charge in [-0.15, -0.1) is 0 Å². The second kappa shape index (κ2) is 7.41. The minimum atomic E-state index is -0.661. The summed E-state index contributed by atoms with van der Waals surface area (Å²) in [6.07, 6.45) is 6.22. The number of hydrogen-bond donors (Lipinski definition) is 1. The Labute approximate surface area is 126 Å². The summed E-state index contributed by atoms with van der Waals surface area (Å²) in [5.41, 5.74) is 0.0152. The average Bonchev–Trinajstić information content (AvgIpc) is 2.97. The highest BCUT2D eigenvalue weighted by atomic mass is 16.5. The molecule has 0 radical (unpaired) electrons. The minimum absolute atomic E-state index is 0.0640. The maximum atomic E-state index is 12.5. The molecule has 21 heavy (non-hydrogen) atoms. The summed E-state index contributed by atoms with van der Waals surface area (Å²) in [6, 6.07) is 3.58. The van der Waals surface area contributed by atoms with Crippen LogP contribution in [0.15, 0.2) is 18.3 Å². The van der Waals surface area contributed by atoms with Crippen molar-refractivity contribution < 1.29 is 14.3 Å². The predicted molar refractivity (Wildman–Crippen MR) is 81.5 cm³/mol. The van der Waals surface area contributed by atoms with Crippen LogP contribution >= 0.6 is 0 Å². The quantitative estimate of drug-likeness (QED) is 0.838. The first-order valence-corrected chi connectivity index (χ1v) is 7.74. The van der Waals surface area contributed by atoms with Gasteiger partial charge in [-0.2, -0.15) is 0 Å². The van der Waals surface area contributed by atoms with Crippen molar-refractivity contribution in [3.8, 4) is 5.88 Å². The van der Waals surface area contributed by atoms with Gasteiger partial charge in [-0.05, 0) is 45.1 Å². The molecule has 2 rings (SSSR count). The van der Waals surface area contributed by atoms with E-state index in [2.05, 4.69) is 10.3 Å². The average molecular weight is 292 g/mol. The van der Waals surface area contributed by atoms with Crippen LogP contribution < -0.4 is 10.1 Å². The van der Waals surface area contributed by atoms with E-state index in [0.717, 1.165) is 32.1 Å². The molecule has 1 amide bonds. The molecule has 1 N–H and O–H groups in total. The smallest absolute Gasteiger partial charge is 0.256 e. The number of carbonyl (C=O) groups excluding carboxylic acids is 1. The minimum Gasteiger partial charge on any atom is -0.478 e. The molecule has 0 aromatic carbocycles. The number of pyridine rings is 1. The number of anilines is 1. The lowest BCUT2D eigenvalue weighted by atomic mass is 10.0. The fraction of sp³-hybridized carbons (Fsp3) is 0.625. The van der Waals surface area contributed by atoms with Crippen molar-refractivity contribution in [3.05, 3.63) is 18.3 Å². The van der Waals surface area contributed by atoms with E-state index in [4.69, 9.17) is 9.47 Å². The van der Waals surface area contributed by atoms with Crippen LogP contribution in [0.3, 0.4) is 0 Å². The molecule has 0 unspecified atom stereocenters. The number of nitrogens with zero attached hydrogens (tertiary/aromatic N) is 1. The van der Waals surface area contributed by atoms with E-state index in [1.165, 1.54) is 0 Å². The van der Waals surface area contributed by atoms with Gasteiger partial charge in [0.1, 0.15) is 5.60 Å². The van der Waals surface area contributed by atoms with E-state index in [1.807, 2.05) is 19.9 Å². The summed E-state index contributed by atoms with van der Waals surface area (Å²) < 4.78 is 11.2. The molecule has 116 valence electrons. The Bertz CT molecular complexity index is 453. The zero-order valence-electron chi connectivity index (χ0n) is 12.9. The first kappa shape index (κ1) is 15.8. The molecule has 1 aromatic rings. The first-order valence-electron chi connectivity index (χ1n) is 7.74. The molecule has 1 aromatic heterocycles. The lowest BCUT2D eigenvalue weighted by molar-refractivity contribution is -0.140. The highest BCUT2D eigenvalue weighted by molar-refractivity contribution is 5.97. The molecule has 0 aliphatic heterocycles. The predicted octanol–water partition coefficient (Wildman–Crippen LogP) is 3.16. The molecule has 1 aliphatic rings. The highest BCUT2D eigenvalue weighted by Gasteiger charge is 2.41. The van der Waals surface area contributed by atoms with E-state index >= 15 is 0 Å². The SMILES string of the molecule is CCCOc1ccc(NC(=O)C2(OCC)CCCC2)cn1. The number of amides is 1. The molecule has 0 bridgehead atoms. The van der Waals surface area contributed by atoms with Crippen molar-refractivity contribution in [2.45, 2.75) is 51.6 Å². The van der Waals surface area contributed by atoms with Gasteiger partial charge in [0.05, 0.1) is 18.5 Å². The first-order chi connectivity index (χ1) is 10.2. The molecule has 1 heterocycles. The van der Waals surface area contributed by atoms with Crippen molar-refractivity contribution in [2.75, 3.05) is 18.5 Å². The van der Waals surface area contributed by atoms with Gasteiger partial charge in [0.15, 0.2) is 0 Å². The summed E-state index contributed by atoms with van der Waals surface area (Å²) >= 11 is 0. The van der Waals surface area contributed by atoms with Gasteiger partial charge >= 0.3 is 0 Å². The molecule has 1 aliphatic carbocycles. The molecule has 5 heteroatoms. The maximum Gasteiger partial charge on any atom is 0.256 e. The summed E-state index contributed by atoms with van der Waals surface area (Å²) in [4.78, 5) is 16.7. The van der Waals surface area contributed by atoms with Gasteiger partial charge in [-0.25, -0.2) is 4.98 Å². The maximum absolute atomic E-state index is 12.5. The van der Waals surface area contributed by atoms with Crippen LogP contribution in [0.5, 0.6) is 5.88 Å². The van der Waals surface area contributed by atoms with Crippen LogP contribution in [0.2, 0.25) is 0 Å². The van der Waals surface area contributed by atoms with Crippen molar-refractivity contribution in [3.63, 3.8) is 0 Å². The van der Waals surface area contributed by atoms with Crippen LogP contribution in [0, 0.1) is 0 Å². The van der Waals surface area contributed by atoms with Crippen LogP contribution in [-0.2, 0) is 9.53 Å². The third kappa shape index (κ3) is 3.94. The summed E-state index contributed by atoms with van der Waals surface area (Å²) in [5, 5.41) is 2.91. The molecular formula is C16H24N2O3. The number of nitrogens with one attached hydrogen (secondary N) is 1. The van der Waals surface area contributed by atoms with Crippen molar-refractivity contribution in [1.82, 2.24) is 4.98 Å². The Kier molecular flexibility index (Phi) is 5.56. The van der Waals surface area contributed by atoms with E-state index < -0.39 is 5.60 Å². The zero-order chi connectivity index (χ0) is 15.1. The third-order valence-electron chi connectivity index (χ3n) is 3.69. The van der Waals surface area contributed by atoms with E-state index in [0.29, 0.717) is 24.8 Å². The summed E-state index contributed by atoms with van der Waals surface area (Å²) in [6.45, 7) is 5.17. The molecular weight excluding hydrogens is 268 g/mol. The van der Waals surface area contributed by atoms with Crippen LogP contribution in [0.4, 0.5) is 5.69 Å². The van der Waals surface area contributed by atoms with Crippen molar-refractivity contribution in [1.29, 1.82) is 0 Å². The van der Waals surface area contributed by atoms with Gasteiger partial charge in [0, 0.05) is 12.7 Å². The fourth-order valence-corrected chi connectivity index (χ4v) is 2.65. The number of ether oxygens (including phenoxy) is 2. The fourth-order valence-electron chi connectivity index (χ4n) is 2.65. The molecule has 0 atom stereocenters. The van der Waals surface area contributed by atoms with E-state index in [9.17, 15) is 4.79 Å². The molecule has 1 saturated carbocycles. The van der Waals surface area contributed by atoms with Gasteiger partial charge < -0.3 is 14.8 Å². The molecule has 0 spiro atoms. The lowest BCUT2D eigenvalue weighted by Gasteiger charge is -2.27. The normalized spacial score (nSPS) is 16.7. The summed E-state index contributed by atoms with van der Waals surface area (Å²) in [5.74, 6) is 0.515. The van der Waals surface area contributed by atoms with Crippen LogP contribution in [0.1, 0.15) is 46.0 Å². The number of rotatable bonds is 7. The second-order valence-corrected chi connectivity index (χ2v) is 5.32. The monoisotopic (exact) mass is 292 g/mol. The topological polar surface area (TPSA) is 60.5 Å². The van der Waals surface area contributed by atoms with Crippen molar-refractivity contribution >= 4 is 11.6 Å². The zero-order valence-corrected chi connectivity index (χ0v) is 12.9. The van der Waals surface area contributed by atoms with Gasteiger partial charge in [-0.3, -0.25) is 4.79 Å². The van der Waals surface area contributed by atoms with Crippen molar-refractivity contribution in [2.24, 2.45) is 0 Å². The van der Waals surface area contributed by atoms with E-state index in [-0.39, 0.29) is 5.91 Å². The van der Waals surface area contributed by atoms with Gasteiger partial charge in [0.25, 0.3) is 5.91 Å². The number of aromatic nitrogens is 1. The molecule has 5 nitrogen and oxygen atoms in total. The highest BCUT2D eigenvalue weighted by Crippen LogP contribution is 2.34. The Morgan fingerprint density at radius 1 is 1.33 bits per heavy atom. The third-order valence-corrected chi connectivity index (χ3v) is 3.69.